The Balaban J connectivity index is 2.41. The summed E-state index contributed by atoms with van der Waals surface area (Å²) in [6.07, 6.45) is 3.10. The Morgan fingerprint density at radius 2 is 2.39 bits per heavy atom. The van der Waals surface area contributed by atoms with Gasteiger partial charge in [-0.3, -0.25) is 4.79 Å². The third-order valence-electron chi connectivity index (χ3n) is 3.08. The van der Waals surface area contributed by atoms with Gasteiger partial charge in [-0.1, -0.05) is 0 Å². The zero-order valence-electron chi connectivity index (χ0n) is 10.5. The molecule has 1 atom stereocenters. The van der Waals surface area contributed by atoms with Crippen molar-refractivity contribution in [3.63, 3.8) is 0 Å². The van der Waals surface area contributed by atoms with E-state index in [1.54, 1.807) is 14.2 Å². The first-order chi connectivity index (χ1) is 8.69. The van der Waals surface area contributed by atoms with Crippen LogP contribution in [-0.2, 0) is 4.79 Å². The number of hydrogen-bond acceptors (Lipinski definition) is 6. The Bertz CT molecular complexity index is 451. The van der Waals surface area contributed by atoms with Crippen LogP contribution in [0.25, 0.3) is 0 Å². The number of rotatable bonds is 4. The number of carbonyl (C=O) groups excluding carboxylic acids is 1. The number of primary amides is 1. The summed E-state index contributed by atoms with van der Waals surface area (Å²) in [6.45, 7) is 0.740. The number of nitrogens with two attached hydrogens (primary N) is 1. The molecule has 0 saturated carbocycles. The molecule has 98 valence electrons. The lowest BCUT2D eigenvalue weighted by atomic mass is 10.2. The third kappa shape index (κ3) is 2.03. The normalized spacial score (nSPS) is 18.8. The fourth-order valence-corrected chi connectivity index (χ4v) is 2.25. The first kappa shape index (κ1) is 12.4. The topological polar surface area (TPSA) is 93.4 Å². The van der Waals surface area contributed by atoms with Crippen LogP contribution in [0, 0.1) is 0 Å². The second-order valence-electron chi connectivity index (χ2n) is 4.08. The SMILES string of the molecule is CNc1ncnc(N2CCCC2C(N)=O)c1OC. The highest BCUT2D eigenvalue weighted by atomic mass is 16.5. The molecule has 1 aromatic rings. The summed E-state index contributed by atoms with van der Waals surface area (Å²) in [5.41, 5.74) is 5.41. The fraction of sp³-hybridized carbons (Fsp3) is 0.545. The zero-order valence-corrected chi connectivity index (χ0v) is 10.5. The molecule has 1 fully saturated rings. The van der Waals surface area contributed by atoms with Gasteiger partial charge in [0.25, 0.3) is 0 Å². The summed E-state index contributed by atoms with van der Waals surface area (Å²) < 4.78 is 5.33. The van der Waals surface area contributed by atoms with E-state index in [4.69, 9.17) is 10.5 Å². The minimum Gasteiger partial charge on any atom is -0.490 e. The second kappa shape index (κ2) is 5.07. The van der Waals surface area contributed by atoms with Gasteiger partial charge in [-0.15, -0.1) is 0 Å². The van der Waals surface area contributed by atoms with Crippen molar-refractivity contribution in [2.45, 2.75) is 18.9 Å². The average molecular weight is 251 g/mol. The van der Waals surface area contributed by atoms with Gasteiger partial charge < -0.3 is 20.7 Å². The largest absolute Gasteiger partial charge is 0.490 e. The quantitative estimate of drug-likeness (QED) is 0.781. The monoisotopic (exact) mass is 251 g/mol. The highest BCUT2D eigenvalue weighted by Crippen LogP contribution is 2.35. The Labute approximate surface area is 105 Å². The molecule has 1 amide bonds. The third-order valence-corrected chi connectivity index (χ3v) is 3.08. The van der Waals surface area contributed by atoms with Gasteiger partial charge in [0, 0.05) is 13.6 Å². The van der Waals surface area contributed by atoms with Crippen LogP contribution in [0.4, 0.5) is 11.6 Å². The minimum atomic E-state index is -0.334. The lowest BCUT2D eigenvalue weighted by Gasteiger charge is -2.25. The van der Waals surface area contributed by atoms with E-state index < -0.39 is 0 Å². The number of ether oxygens (including phenoxy) is 1. The molecule has 1 aromatic heterocycles. The molecule has 0 aromatic carbocycles. The molecule has 1 aliphatic rings. The first-order valence-corrected chi connectivity index (χ1v) is 5.81. The van der Waals surface area contributed by atoms with Crippen LogP contribution in [0.2, 0.25) is 0 Å². The molecule has 18 heavy (non-hydrogen) atoms. The van der Waals surface area contributed by atoms with E-state index in [0.717, 1.165) is 19.4 Å². The molecule has 0 aliphatic carbocycles. The smallest absolute Gasteiger partial charge is 0.240 e. The maximum atomic E-state index is 11.4. The predicted octanol–water partition coefficient (Wildman–Crippen LogP) is -0.0190. The minimum absolute atomic E-state index is 0.321. The Morgan fingerprint density at radius 1 is 1.61 bits per heavy atom. The summed E-state index contributed by atoms with van der Waals surface area (Å²) in [7, 11) is 3.31. The number of nitrogens with one attached hydrogen (secondary N) is 1. The molecule has 2 heterocycles. The summed E-state index contributed by atoms with van der Waals surface area (Å²) >= 11 is 0. The summed E-state index contributed by atoms with van der Waals surface area (Å²) in [6, 6.07) is -0.321. The van der Waals surface area contributed by atoms with Gasteiger partial charge in [-0.05, 0) is 12.8 Å². The van der Waals surface area contributed by atoms with Crippen molar-refractivity contribution < 1.29 is 9.53 Å². The molecular weight excluding hydrogens is 234 g/mol. The summed E-state index contributed by atoms with van der Waals surface area (Å²) in [5.74, 6) is 1.41. The predicted molar refractivity (Wildman–Crippen MR) is 67.7 cm³/mol. The van der Waals surface area contributed by atoms with Crippen molar-refractivity contribution in [2.24, 2.45) is 5.73 Å². The Hall–Kier alpha value is -2.05. The molecule has 1 aliphatic heterocycles. The number of nitrogens with zero attached hydrogens (tertiary/aromatic N) is 3. The molecule has 7 heteroatoms. The van der Waals surface area contributed by atoms with E-state index in [1.807, 2.05) is 4.90 Å². The lowest BCUT2D eigenvalue weighted by molar-refractivity contribution is -0.119. The molecule has 1 saturated heterocycles. The van der Waals surface area contributed by atoms with Crippen LogP contribution in [0.5, 0.6) is 5.75 Å². The molecule has 0 bridgehead atoms. The van der Waals surface area contributed by atoms with E-state index >= 15 is 0 Å². The first-order valence-electron chi connectivity index (χ1n) is 5.81. The highest BCUT2D eigenvalue weighted by Gasteiger charge is 2.32. The van der Waals surface area contributed by atoms with Crippen molar-refractivity contribution in [1.82, 2.24) is 9.97 Å². The number of aromatic nitrogens is 2. The Morgan fingerprint density at radius 3 is 3.00 bits per heavy atom. The van der Waals surface area contributed by atoms with E-state index in [2.05, 4.69) is 15.3 Å². The molecule has 3 N–H and O–H groups in total. The van der Waals surface area contributed by atoms with Crippen molar-refractivity contribution >= 4 is 17.5 Å². The summed E-state index contributed by atoms with van der Waals surface area (Å²) in [4.78, 5) is 21.6. The number of anilines is 2. The van der Waals surface area contributed by atoms with Crippen molar-refractivity contribution in [2.75, 3.05) is 30.9 Å². The summed E-state index contributed by atoms with van der Waals surface area (Å²) in [5, 5.41) is 2.94. The molecule has 0 spiro atoms. The number of amides is 1. The lowest BCUT2D eigenvalue weighted by Crippen LogP contribution is -2.41. The standard InChI is InChI=1S/C11H17N5O2/c1-13-10-8(18-2)11(15-6-14-10)16-5-3-4-7(16)9(12)17/h6-7H,3-5H2,1-2H3,(H2,12,17)(H,13,14,15). The van der Waals surface area contributed by atoms with Gasteiger partial charge in [-0.2, -0.15) is 0 Å². The number of methoxy groups -OCH3 is 1. The molecule has 1 unspecified atom stereocenters. The average Bonchev–Trinajstić information content (AvgIpc) is 2.86. The highest BCUT2D eigenvalue weighted by molar-refractivity contribution is 5.85. The van der Waals surface area contributed by atoms with Crippen LogP contribution in [-0.4, -0.2) is 42.6 Å². The van der Waals surface area contributed by atoms with E-state index in [0.29, 0.717) is 17.4 Å². The van der Waals surface area contributed by atoms with E-state index in [-0.39, 0.29) is 11.9 Å². The van der Waals surface area contributed by atoms with Crippen molar-refractivity contribution in [3.8, 4) is 5.75 Å². The van der Waals surface area contributed by atoms with Crippen molar-refractivity contribution in [3.05, 3.63) is 6.33 Å². The number of hydrogen-bond donors (Lipinski definition) is 2. The van der Waals surface area contributed by atoms with Gasteiger partial charge in [0.15, 0.2) is 11.6 Å². The number of carbonyl (C=O) groups is 1. The van der Waals surface area contributed by atoms with Gasteiger partial charge in [0.2, 0.25) is 11.7 Å². The molecule has 2 rings (SSSR count). The molecule has 0 radical (unpaired) electrons. The molecular formula is C11H17N5O2. The fourth-order valence-electron chi connectivity index (χ4n) is 2.25. The van der Waals surface area contributed by atoms with Gasteiger partial charge in [0.05, 0.1) is 7.11 Å². The van der Waals surface area contributed by atoms with Crippen LogP contribution >= 0.6 is 0 Å². The van der Waals surface area contributed by atoms with Crippen LogP contribution in [0.15, 0.2) is 6.33 Å². The maximum Gasteiger partial charge on any atom is 0.240 e. The van der Waals surface area contributed by atoms with Gasteiger partial charge in [-0.25, -0.2) is 9.97 Å². The molecule has 7 nitrogen and oxygen atoms in total. The zero-order chi connectivity index (χ0) is 13.1. The van der Waals surface area contributed by atoms with Gasteiger partial charge in [0.1, 0.15) is 12.4 Å². The van der Waals surface area contributed by atoms with E-state index in [1.165, 1.54) is 6.33 Å². The Kier molecular flexibility index (Phi) is 3.50. The van der Waals surface area contributed by atoms with E-state index in [9.17, 15) is 4.79 Å². The van der Waals surface area contributed by atoms with Crippen LogP contribution < -0.4 is 20.7 Å². The maximum absolute atomic E-state index is 11.4. The van der Waals surface area contributed by atoms with Crippen LogP contribution in [0.3, 0.4) is 0 Å². The van der Waals surface area contributed by atoms with Gasteiger partial charge >= 0.3 is 0 Å². The second-order valence-corrected chi connectivity index (χ2v) is 4.08. The van der Waals surface area contributed by atoms with Crippen molar-refractivity contribution in [1.29, 1.82) is 0 Å². The van der Waals surface area contributed by atoms with Crippen LogP contribution in [0.1, 0.15) is 12.8 Å².